The van der Waals surface area contributed by atoms with Gasteiger partial charge in [0.2, 0.25) is 5.91 Å². The van der Waals surface area contributed by atoms with Crippen LogP contribution >= 0.6 is 0 Å². The van der Waals surface area contributed by atoms with Crippen LogP contribution in [0.15, 0.2) is 43.2 Å². The number of carbonyl (C=O) groups is 1. The lowest BCUT2D eigenvalue weighted by Crippen LogP contribution is -2.58. The smallest absolute Gasteiger partial charge is 0.227 e. The Balaban J connectivity index is 1.41. The summed E-state index contributed by atoms with van der Waals surface area (Å²) < 4.78 is 1.91. The minimum atomic E-state index is 0.111. The second-order valence-corrected chi connectivity index (χ2v) is 7.59. The number of aromatic nitrogens is 4. The average Bonchev–Trinajstić information content (AvgIpc) is 3.17. The van der Waals surface area contributed by atoms with Crippen LogP contribution < -0.4 is 0 Å². The Morgan fingerprint density at radius 1 is 1.41 bits per heavy atom. The quantitative estimate of drug-likeness (QED) is 0.728. The summed E-state index contributed by atoms with van der Waals surface area (Å²) in [7, 11) is 1.87. The largest absolute Gasteiger partial charge is 0.342 e. The molecule has 1 amide bonds. The zero-order chi connectivity index (χ0) is 18.8. The third-order valence-corrected chi connectivity index (χ3v) is 5.84. The molecule has 1 unspecified atom stereocenters. The van der Waals surface area contributed by atoms with Crippen LogP contribution in [0.25, 0.3) is 11.4 Å². The molecule has 0 aliphatic carbocycles. The van der Waals surface area contributed by atoms with Gasteiger partial charge in [0.1, 0.15) is 5.69 Å². The molecule has 4 atom stereocenters. The molecule has 0 N–H and O–H groups in total. The number of hydrogen-bond acceptors (Lipinski definition) is 5. The van der Waals surface area contributed by atoms with Crippen LogP contribution in [0.4, 0.5) is 0 Å². The number of rotatable bonds is 6. The highest BCUT2D eigenvalue weighted by atomic mass is 16.2. The summed E-state index contributed by atoms with van der Waals surface area (Å²) >= 11 is 0. The second-order valence-electron chi connectivity index (χ2n) is 7.59. The number of amides is 1. The molecule has 2 aromatic rings. The maximum atomic E-state index is 12.7. The predicted octanol–water partition coefficient (Wildman–Crippen LogP) is 1.69. The van der Waals surface area contributed by atoms with E-state index < -0.39 is 0 Å². The van der Waals surface area contributed by atoms with E-state index in [1.165, 1.54) is 0 Å². The van der Waals surface area contributed by atoms with Crippen molar-refractivity contribution in [2.75, 3.05) is 26.7 Å². The molecule has 27 heavy (non-hydrogen) atoms. The first-order chi connectivity index (χ1) is 13.2. The summed E-state index contributed by atoms with van der Waals surface area (Å²) in [4.78, 5) is 21.3. The summed E-state index contributed by atoms with van der Waals surface area (Å²) in [5.74, 6) is 0.819. The van der Waals surface area contributed by atoms with Crippen molar-refractivity contribution in [2.24, 2.45) is 11.8 Å². The van der Waals surface area contributed by atoms with E-state index in [1.807, 2.05) is 36.1 Å². The van der Waals surface area contributed by atoms with Gasteiger partial charge in [0.15, 0.2) is 0 Å². The first-order valence-electron chi connectivity index (χ1n) is 9.57. The molecule has 3 aliphatic heterocycles. The second kappa shape index (κ2) is 7.60. The first-order valence-corrected chi connectivity index (χ1v) is 9.57. The van der Waals surface area contributed by atoms with Gasteiger partial charge in [-0.05, 0) is 37.4 Å². The van der Waals surface area contributed by atoms with E-state index in [-0.39, 0.29) is 11.8 Å². The minimum Gasteiger partial charge on any atom is -0.342 e. The Kier molecular flexibility index (Phi) is 5.03. The van der Waals surface area contributed by atoms with Crippen LogP contribution in [-0.4, -0.2) is 68.4 Å². The number of nitrogens with zero attached hydrogens (tertiary/aromatic N) is 6. The molecule has 5 rings (SSSR count). The molecule has 3 aliphatic rings. The van der Waals surface area contributed by atoms with Gasteiger partial charge in [-0.15, -0.1) is 11.7 Å². The van der Waals surface area contributed by atoms with Crippen LogP contribution in [0.3, 0.4) is 0 Å². The SMILES string of the molecule is C=CCN(C)C(=O)[C@@H]1CN2CC[C@@H]1C[C@@H]2Cn1cc(-c2ccccn2)nn1. The number of carbonyl (C=O) groups excluding carboxylic acids is 1. The zero-order valence-corrected chi connectivity index (χ0v) is 15.7. The maximum Gasteiger partial charge on any atom is 0.227 e. The third kappa shape index (κ3) is 3.64. The van der Waals surface area contributed by atoms with Crippen LogP contribution in [0.5, 0.6) is 0 Å². The van der Waals surface area contributed by atoms with E-state index in [4.69, 9.17) is 0 Å². The molecular weight excluding hydrogens is 340 g/mol. The predicted molar refractivity (Wildman–Crippen MR) is 103 cm³/mol. The summed E-state index contributed by atoms with van der Waals surface area (Å²) in [5, 5.41) is 8.55. The monoisotopic (exact) mass is 366 g/mol. The topological polar surface area (TPSA) is 67.2 Å². The van der Waals surface area contributed by atoms with Gasteiger partial charge in [-0.25, -0.2) is 0 Å². The number of fused-ring (bicyclic) bond motifs is 3. The number of hydrogen-bond donors (Lipinski definition) is 0. The Morgan fingerprint density at radius 3 is 3.00 bits per heavy atom. The Hall–Kier alpha value is -2.54. The van der Waals surface area contributed by atoms with E-state index >= 15 is 0 Å². The maximum absolute atomic E-state index is 12.7. The van der Waals surface area contributed by atoms with Crippen molar-refractivity contribution in [1.29, 1.82) is 0 Å². The molecule has 0 aromatic carbocycles. The van der Waals surface area contributed by atoms with E-state index in [9.17, 15) is 4.79 Å². The summed E-state index contributed by atoms with van der Waals surface area (Å²) in [6, 6.07) is 6.20. The minimum absolute atomic E-state index is 0.111. The molecule has 2 bridgehead atoms. The van der Waals surface area contributed by atoms with E-state index in [1.54, 1.807) is 17.2 Å². The first kappa shape index (κ1) is 17.9. The van der Waals surface area contributed by atoms with Crippen molar-refractivity contribution in [1.82, 2.24) is 29.8 Å². The molecule has 142 valence electrons. The molecule has 0 radical (unpaired) electrons. The zero-order valence-electron chi connectivity index (χ0n) is 15.7. The fourth-order valence-electron chi connectivity index (χ4n) is 4.41. The fraction of sp³-hybridized carbons (Fsp3) is 0.500. The summed E-state index contributed by atoms with van der Waals surface area (Å²) in [6.07, 6.45) is 7.65. The molecule has 7 nitrogen and oxygen atoms in total. The van der Waals surface area contributed by atoms with Crippen molar-refractivity contribution in [2.45, 2.75) is 25.4 Å². The lowest BCUT2D eigenvalue weighted by molar-refractivity contribution is -0.142. The number of piperidine rings is 3. The third-order valence-electron chi connectivity index (χ3n) is 5.84. The Morgan fingerprint density at radius 2 is 2.30 bits per heavy atom. The highest BCUT2D eigenvalue weighted by Crippen LogP contribution is 2.37. The van der Waals surface area contributed by atoms with Crippen molar-refractivity contribution < 1.29 is 4.79 Å². The number of pyridine rings is 1. The molecule has 3 fully saturated rings. The lowest BCUT2D eigenvalue weighted by Gasteiger charge is -2.49. The van der Waals surface area contributed by atoms with E-state index in [2.05, 4.69) is 26.8 Å². The van der Waals surface area contributed by atoms with Gasteiger partial charge in [0.25, 0.3) is 0 Å². The van der Waals surface area contributed by atoms with Gasteiger partial charge in [-0.2, -0.15) is 0 Å². The molecule has 7 heteroatoms. The molecular formula is C20H26N6O. The highest BCUT2D eigenvalue weighted by molar-refractivity contribution is 5.79. The Labute approximate surface area is 159 Å². The molecule has 0 saturated carbocycles. The molecule has 2 aromatic heterocycles. The normalized spacial score (nSPS) is 26.7. The van der Waals surface area contributed by atoms with E-state index in [0.717, 1.165) is 43.9 Å². The summed E-state index contributed by atoms with van der Waals surface area (Å²) in [6.45, 7) is 7.06. The van der Waals surface area contributed by atoms with Gasteiger partial charge in [0.05, 0.1) is 24.4 Å². The molecule has 3 saturated heterocycles. The van der Waals surface area contributed by atoms with Gasteiger partial charge in [-0.3, -0.25) is 19.4 Å². The standard InChI is InChI=1S/C20H26N6O/c1-3-9-24(2)20(27)17-13-25-10-7-15(17)11-16(25)12-26-14-19(22-23-26)18-6-4-5-8-21-18/h3-6,8,14-17H,1,7,9-13H2,2H3/t15-,16-,17-/m1/s1. The van der Waals surface area contributed by atoms with Crippen molar-refractivity contribution in [3.05, 3.63) is 43.2 Å². The van der Waals surface area contributed by atoms with Crippen LogP contribution in [0.1, 0.15) is 12.8 Å². The average molecular weight is 366 g/mol. The van der Waals surface area contributed by atoms with Gasteiger partial charge in [-0.1, -0.05) is 17.4 Å². The van der Waals surface area contributed by atoms with Crippen LogP contribution in [0, 0.1) is 11.8 Å². The van der Waals surface area contributed by atoms with Gasteiger partial charge in [0, 0.05) is 32.4 Å². The van der Waals surface area contributed by atoms with Gasteiger partial charge >= 0.3 is 0 Å². The van der Waals surface area contributed by atoms with Crippen molar-refractivity contribution in [3.8, 4) is 11.4 Å². The van der Waals surface area contributed by atoms with Gasteiger partial charge < -0.3 is 4.90 Å². The molecule has 0 spiro atoms. The van der Waals surface area contributed by atoms with Crippen LogP contribution in [-0.2, 0) is 11.3 Å². The fourth-order valence-corrected chi connectivity index (χ4v) is 4.41. The summed E-state index contributed by atoms with van der Waals surface area (Å²) in [5.41, 5.74) is 1.64. The van der Waals surface area contributed by atoms with Crippen molar-refractivity contribution >= 4 is 5.91 Å². The number of likely N-dealkylation sites (N-methyl/N-ethyl adjacent to an activating group) is 1. The molecule has 5 heterocycles. The van der Waals surface area contributed by atoms with E-state index in [0.29, 0.717) is 18.5 Å². The Bertz CT molecular complexity index is 804. The van der Waals surface area contributed by atoms with Crippen LogP contribution in [0.2, 0.25) is 0 Å². The highest BCUT2D eigenvalue weighted by Gasteiger charge is 2.44. The van der Waals surface area contributed by atoms with Crippen molar-refractivity contribution in [3.63, 3.8) is 0 Å². The lowest BCUT2D eigenvalue weighted by atomic mass is 9.75.